The molecular formula is C15H21N3O5. The summed E-state index contributed by atoms with van der Waals surface area (Å²) < 4.78 is 5.05. The molecule has 1 N–H and O–H groups in total. The average Bonchev–Trinajstić information content (AvgIpc) is 2.53. The number of non-ortho nitro benzene ring substituents is 1. The minimum absolute atomic E-state index is 0.0907. The van der Waals surface area contributed by atoms with Crippen molar-refractivity contribution in [2.24, 2.45) is 0 Å². The van der Waals surface area contributed by atoms with Crippen LogP contribution in [0, 0.1) is 10.1 Å². The molecule has 0 spiro atoms. The summed E-state index contributed by atoms with van der Waals surface area (Å²) >= 11 is 0. The lowest BCUT2D eigenvalue weighted by Gasteiger charge is -2.20. The Hall–Kier alpha value is -2.64. The Labute approximate surface area is 134 Å². The van der Waals surface area contributed by atoms with E-state index in [0.717, 1.165) is 18.9 Å². The summed E-state index contributed by atoms with van der Waals surface area (Å²) in [4.78, 5) is 36.0. The van der Waals surface area contributed by atoms with Crippen LogP contribution in [-0.4, -0.2) is 41.8 Å². The molecule has 0 aliphatic rings. The quantitative estimate of drug-likeness (QED) is 0.471. The van der Waals surface area contributed by atoms with E-state index in [-0.39, 0.29) is 17.1 Å². The van der Waals surface area contributed by atoms with E-state index >= 15 is 0 Å². The van der Waals surface area contributed by atoms with Gasteiger partial charge in [-0.1, -0.05) is 13.8 Å². The van der Waals surface area contributed by atoms with Crippen LogP contribution in [0.1, 0.15) is 26.7 Å². The fraction of sp³-hybridized carbons (Fsp3) is 0.467. The van der Waals surface area contributed by atoms with Crippen LogP contribution in [-0.2, 0) is 9.59 Å². The van der Waals surface area contributed by atoms with Crippen molar-refractivity contribution in [1.82, 2.24) is 4.90 Å². The average molecular weight is 323 g/mol. The molecule has 0 radical (unpaired) electrons. The third-order valence-corrected chi connectivity index (χ3v) is 3.11. The van der Waals surface area contributed by atoms with Crippen LogP contribution in [0.2, 0.25) is 0 Å². The van der Waals surface area contributed by atoms with E-state index in [1.807, 2.05) is 13.8 Å². The predicted molar refractivity (Wildman–Crippen MR) is 85.4 cm³/mol. The first-order chi connectivity index (χ1) is 10.9. The summed E-state index contributed by atoms with van der Waals surface area (Å²) in [6.07, 6.45) is 1.47. The highest BCUT2D eigenvalue weighted by molar-refractivity contribution is 6.39. The second-order valence-electron chi connectivity index (χ2n) is 4.89. The lowest BCUT2D eigenvalue weighted by Crippen LogP contribution is -2.40. The van der Waals surface area contributed by atoms with Gasteiger partial charge in [0.2, 0.25) is 0 Å². The molecule has 0 atom stereocenters. The number of hydrogen-bond donors (Lipinski definition) is 1. The van der Waals surface area contributed by atoms with Gasteiger partial charge < -0.3 is 15.0 Å². The second kappa shape index (κ2) is 8.72. The summed E-state index contributed by atoms with van der Waals surface area (Å²) in [5.74, 6) is -1.26. The van der Waals surface area contributed by atoms with Gasteiger partial charge in [-0.15, -0.1) is 0 Å². The number of hydrogen-bond acceptors (Lipinski definition) is 5. The van der Waals surface area contributed by atoms with Crippen molar-refractivity contribution in [1.29, 1.82) is 0 Å². The fourth-order valence-corrected chi connectivity index (χ4v) is 2.08. The van der Waals surface area contributed by atoms with Crippen molar-refractivity contribution >= 4 is 23.2 Å². The molecule has 0 aromatic heterocycles. The zero-order chi connectivity index (χ0) is 17.4. The first-order valence-corrected chi connectivity index (χ1v) is 7.37. The van der Waals surface area contributed by atoms with E-state index in [4.69, 9.17) is 4.74 Å². The Balaban J connectivity index is 2.96. The lowest BCUT2D eigenvalue weighted by atomic mass is 10.2. The maximum absolute atomic E-state index is 12.2. The molecule has 0 aliphatic heterocycles. The fourth-order valence-electron chi connectivity index (χ4n) is 2.08. The number of carbonyl (C=O) groups excluding carboxylic acids is 2. The number of nitrogens with zero attached hydrogens (tertiary/aromatic N) is 2. The molecule has 126 valence electrons. The second-order valence-corrected chi connectivity index (χ2v) is 4.89. The summed E-state index contributed by atoms with van der Waals surface area (Å²) in [6.45, 7) is 4.78. The van der Waals surface area contributed by atoms with E-state index in [9.17, 15) is 19.7 Å². The molecule has 1 rings (SSSR count). The van der Waals surface area contributed by atoms with E-state index in [1.54, 1.807) is 0 Å². The van der Waals surface area contributed by atoms with Crippen molar-refractivity contribution < 1.29 is 19.2 Å². The van der Waals surface area contributed by atoms with Crippen LogP contribution < -0.4 is 10.1 Å². The standard InChI is InChI=1S/C15H21N3O5/c1-4-8-17(9-5-2)15(20)14(19)16-12-10-11(18(21)22)6-7-13(12)23-3/h6-7,10H,4-5,8-9H2,1-3H3,(H,16,19). The van der Waals surface area contributed by atoms with E-state index in [2.05, 4.69) is 5.32 Å². The normalized spacial score (nSPS) is 10.0. The molecule has 0 heterocycles. The Morgan fingerprint density at radius 2 is 1.87 bits per heavy atom. The van der Waals surface area contributed by atoms with Crippen LogP contribution in [0.15, 0.2) is 18.2 Å². The Bertz CT molecular complexity index is 582. The van der Waals surface area contributed by atoms with Gasteiger partial charge in [-0.25, -0.2) is 0 Å². The number of methoxy groups -OCH3 is 1. The molecule has 0 saturated carbocycles. The molecule has 0 bridgehead atoms. The minimum atomic E-state index is -0.842. The van der Waals surface area contributed by atoms with Crippen LogP contribution in [0.3, 0.4) is 0 Å². The van der Waals surface area contributed by atoms with Crippen molar-refractivity contribution in [3.8, 4) is 5.75 Å². The van der Waals surface area contributed by atoms with Gasteiger partial charge >= 0.3 is 11.8 Å². The minimum Gasteiger partial charge on any atom is -0.495 e. The van der Waals surface area contributed by atoms with Crippen LogP contribution in [0.5, 0.6) is 5.75 Å². The topological polar surface area (TPSA) is 102 Å². The number of nitro benzene ring substituents is 1. The molecule has 0 fully saturated rings. The zero-order valence-electron chi connectivity index (χ0n) is 13.5. The highest BCUT2D eigenvalue weighted by Crippen LogP contribution is 2.28. The number of nitro groups is 1. The zero-order valence-corrected chi connectivity index (χ0v) is 13.5. The number of nitrogens with one attached hydrogen (secondary N) is 1. The largest absolute Gasteiger partial charge is 0.495 e. The summed E-state index contributed by atoms with van der Waals surface area (Å²) in [5, 5.41) is 13.2. The summed E-state index contributed by atoms with van der Waals surface area (Å²) in [6, 6.07) is 3.79. The lowest BCUT2D eigenvalue weighted by molar-refractivity contribution is -0.384. The van der Waals surface area contributed by atoms with Crippen molar-refractivity contribution in [2.75, 3.05) is 25.5 Å². The van der Waals surface area contributed by atoms with E-state index in [1.165, 1.54) is 24.1 Å². The van der Waals surface area contributed by atoms with Gasteiger partial charge in [0.25, 0.3) is 5.69 Å². The maximum atomic E-state index is 12.2. The molecule has 2 amide bonds. The molecule has 0 unspecified atom stereocenters. The number of amides is 2. The Morgan fingerprint density at radius 3 is 2.35 bits per heavy atom. The van der Waals surface area contributed by atoms with Crippen molar-refractivity contribution in [3.63, 3.8) is 0 Å². The van der Waals surface area contributed by atoms with Gasteiger partial charge in [0.05, 0.1) is 17.7 Å². The molecule has 0 aliphatic carbocycles. The van der Waals surface area contributed by atoms with Gasteiger partial charge in [0.1, 0.15) is 5.75 Å². The van der Waals surface area contributed by atoms with Gasteiger partial charge in [0, 0.05) is 25.2 Å². The Morgan fingerprint density at radius 1 is 1.26 bits per heavy atom. The maximum Gasteiger partial charge on any atom is 0.314 e. The van der Waals surface area contributed by atoms with Crippen LogP contribution in [0.25, 0.3) is 0 Å². The van der Waals surface area contributed by atoms with E-state index in [0.29, 0.717) is 13.1 Å². The van der Waals surface area contributed by atoms with Crippen molar-refractivity contribution in [3.05, 3.63) is 28.3 Å². The SMILES string of the molecule is CCCN(CCC)C(=O)C(=O)Nc1cc([N+](=O)[O-])ccc1OC. The molecule has 8 heteroatoms. The molecule has 1 aromatic carbocycles. The highest BCUT2D eigenvalue weighted by Gasteiger charge is 2.22. The number of ether oxygens (including phenoxy) is 1. The molecule has 0 saturated heterocycles. The van der Waals surface area contributed by atoms with Gasteiger partial charge in [0.15, 0.2) is 0 Å². The third kappa shape index (κ3) is 4.94. The van der Waals surface area contributed by atoms with Crippen LogP contribution in [0.4, 0.5) is 11.4 Å². The van der Waals surface area contributed by atoms with Gasteiger partial charge in [-0.3, -0.25) is 19.7 Å². The number of rotatable bonds is 7. The molecule has 23 heavy (non-hydrogen) atoms. The van der Waals surface area contributed by atoms with Gasteiger partial charge in [-0.2, -0.15) is 0 Å². The summed E-state index contributed by atoms with van der Waals surface area (Å²) in [5.41, 5.74) is -0.111. The van der Waals surface area contributed by atoms with Gasteiger partial charge in [-0.05, 0) is 18.9 Å². The first kappa shape index (κ1) is 18.4. The van der Waals surface area contributed by atoms with Crippen LogP contribution >= 0.6 is 0 Å². The number of anilines is 1. The predicted octanol–water partition coefficient (Wildman–Crippen LogP) is 2.19. The van der Waals surface area contributed by atoms with Crippen molar-refractivity contribution in [2.45, 2.75) is 26.7 Å². The molecule has 1 aromatic rings. The van der Waals surface area contributed by atoms with E-state index < -0.39 is 16.7 Å². The number of carbonyl (C=O) groups is 2. The third-order valence-electron chi connectivity index (χ3n) is 3.11. The first-order valence-electron chi connectivity index (χ1n) is 7.37. The Kier molecular flexibility index (Phi) is 6.98. The molecular weight excluding hydrogens is 302 g/mol. The molecule has 8 nitrogen and oxygen atoms in total. The smallest absolute Gasteiger partial charge is 0.314 e. The highest BCUT2D eigenvalue weighted by atomic mass is 16.6. The number of benzene rings is 1. The summed E-state index contributed by atoms with van der Waals surface area (Å²) in [7, 11) is 1.37. The monoisotopic (exact) mass is 323 g/mol.